The van der Waals surface area contributed by atoms with E-state index in [0.717, 1.165) is 5.96 Å². The molecule has 0 amide bonds. The van der Waals surface area contributed by atoms with E-state index in [2.05, 4.69) is 93.3 Å². The summed E-state index contributed by atoms with van der Waals surface area (Å²) in [6.45, 7) is 26.4. The summed E-state index contributed by atoms with van der Waals surface area (Å²) in [5.41, 5.74) is -0.123. The maximum atomic E-state index is 4.96. The topological polar surface area (TPSA) is 27.6 Å². The molecule has 0 saturated carbocycles. The highest BCUT2D eigenvalue weighted by molar-refractivity contribution is 5.82. The second-order valence-corrected chi connectivity index (χ2v) is 9.66. The third kappa shape index (κ3) is 7.16. The van der Waals surface area contributed by atoms with E-state index >= 15 is 0 Å². The Labute approximate surface area is 127 Å². The summed E-state index contributed by atoms with van der Waals surface area (Å²) in [6, 6.07) is 0. The second-order valence-electron chi connectivity index (χ2n) is 9.66. The van der Waals surface area contributed by atoms with Gasteiger partial charge in [-0.2, -0.15) is 0 Å². The number of hydrogen-bond donors (Lipinski definition) is 1. The van der Waals surface area contributed by atoms with Gasteiger partial charge >= 0.3 is 0 Å². The highest BCUT2D eigenvalue weighted by Crippen LogP contribution is 2.26. The van der Waals surface area contributed by atoms with Crippen LogP contribution in [0.5, 0.6) is 0 Å². The molecule has 0 aromatic rings. The van der Waals surface area contributed by atoms with Crippen LogP contribution in [0.1, 0.15) is 83.1 Å². The van der Waals surface area contributed by atoms with Gasteiger partial charge in [0.05, 0.1) is 5.54 Å². The van der Waals surface area contributed by atoms with Gasteiger partial charge in [-0.3, -0.25) is 0 Å². The van der Waals surface area contributed by atoms with E-state index in [1.807, 2.05) is 0 Å². The maximum Gasteiger partial charge on any atom is 0.195 e. The molecule has 0 rings (SSSR count). The van der Waals surface area contributed by atoms with Crippen molar-refractivity contribution in [3.63, 3.8) is 0 Å². The van der Waals surface area contributed by atoms with Gasteiger partial charge < -0.3 is 10.2 Å². The van der Waals surface area contributed by atoms with Crippen LogP contribution < -0.4 is 5.32 Å². The molecule has 1 N–H and O–H groups in total. The Morgan fingerprint density at radius 2 is 1.05 bits per heavy atom. The van der Waals surface area contributed by atoms with Gasteiger partial charge in [-0.05, 0) is 83.1 Å². The summed E-state index contributed by atoms with van der Waals surface area (Å²) in [6.07, 6.45) is 0. The number of hydrogen-bond acceptors (Lipinski definition) is 1. The van der Waals surface area contributed by atoms with Crippen LogP contribution in [0.2, 0.25) is 0 Å². The Morgan fingerprint density at radius 1 is 0.700 bits per heavy atom. The van der Waals surface area contributed by atoms with Gasteiger partial charge in [-0.1, -0.05) is 0 Å². The maximum absolute atomic E-state index is 4.96. The molecule has 0 bridgehead atoms. The number of nitrogens with zero attached hydrogens (tertiary/aromatic N) is 2. The molecule has 3 heteroatoms. The quantitative estimate of drug-likeness (QED) is 0.526. The fourth-order valence-electron chi connectivity index (χ4n) is 2.43. The SMILES string of the molecule is CC(C)(C)N=C(NC(C)(C)C)N(C(C)(C)C)C(C)(C)C. The van der Waals surface area contributed by atoms with Crippen LogP contribution in [-0.2, 0) is 0 Å². The molecule has 0 spiro atoms. The monoisotopic (exact) mass is 283 g/mol. The van der Waals surface area contributed by atoms with Gasteiger partial charge in [0.1, 0.15) is 0 Å². The third-order valence-electron chi connectivity index (χ3n) is 2.48. The zero-order valence-electron chi connectivity index (χ0n) is 15.9. The number of rotatable bonds is 0. The van der Waals surface area contributed by atoms with Gasteiger partial charge in [0.2, 0.25) is 0 Å². The minimum atomic E-state index is -0.109. The van der Waals surface area contributed by atoms with Crippen molar-refractivity contribution in [1.82, 2.24) is 10.2 Å². The van der Waals surface area contributed by atoms with Crippen molar-refractivity contribution in [2.24, 2.45) is 4.99 Å². The van der Waals surface area contributed by atoms with Crippen LogP contribution in [0, 0.1) is 0 Å². The molecule has 0 saturated heterocycles. The van der Waals surface area contributed by atoms with Crippen LogP contribution in [0.15, 0.2) is 4.99 Å². The van der Waals surface area contributed by atoms with E-state index in [1.54, 1.807) is 0 Å². The first-order chi connectivity index (χ1) is 8.43. The van der Waals surface area contributed by atoms with Crippen LogP contribution in [0.3, 0.4) is 0 Å². The molecular weight excluding hydrogens is 246 g/mol. The molecule has 0 aliphatic carbocycles. The molecule has 120 valence electrons. The van der Waals surface area contributed by atoms with Gasteiger partial charge in [-0.15, -0.1) is 0 Å². The minimum absolute atomic E-state index is 0.000579. The molecule has 0 unspecified atom stereocenters. The average molecular weight is 284 g/mol. The molecule has 0 aromatic heterocycles. The Kier molecular flexibility index (Phi) is 5.37. The molecule has 0 heterocycles. The molecule has 3 nitrogen and oxygen atoms in total. The first kappa shape index (κ1) is 19.3. The molecule has 0 fully saturated rings. The number of guanidine groups is 1. The summed E-state index contributed by atoms with van der Waals surface area (Å²) < 4.78 is 0. The van der Waals surface area contributed by atoms with Crippen molar-refractivity contribution in [2.75, 3.05) is 0 Å². The largest absolute Gasteiger partial charge is 0.352 e. The molecule has 0 radical (unpaired) electrons. The fourth-order valence-corrected chi connectivity index (χ4v) is 2.43. The van der Waals surface area contributed by atoms with Crippen molar-refractivity contribution in [3.05, 3.63) is 0 Å². The second kappa shape index (κ2) is 5.57. The van der Waals surface area contributed by atoms with Crippen LogP contribution in [-0.4, -0.2) is 33.0 Å². The van der Waals surface area contributed by atoms with Gasteiger partial charge in [0.25, 0.3) is 0 Å². The smallest absolute Gasteiger partial charge is 0.195 e. The average Bonchev–Trinajstić information content (AvgIpc) is 1.87. The van der Waals surface area contributed by atoms with E-state index in [9.17, 15) is 0 Å². The summed E-state index contributed by atoms with van der Waals surface area (Å²) in [5.74, 6) is 0.977. The Hall–Kier alpha value is -0.730. The molecule has 20 heavy (non-hydrogen) atoms. The van der Waals surface area contributed by atoms with Crippen molar-refractivity contribution in [2.45, 2.75) is 105 Å². The highest BCUT2D eigenvalue weighted by Gasteiger charge is 2.36. The lowest BCUT2D eigenvalue weighted by molar-refractivity contribution is 0.114. The standard InChI is InChI=1S/C17H37N3/c1-14(2,3)18-13(19-15(4,5)6)20(16(7,8)9)17(10,11)12/h1-12H3,(H,18,19). The van der Waals surface area contributed by atoms with E-state index in [-0.39, 0.29) is 22.2 Å². The Balaban J connectivity index is 5.88. The lowest BCUT2D eigenvalue weighted by Gasteiger charge is -2.49. The summed E-state index contributed by atoms with van der Waals surface area (Å²) in [5, 5.41) is 3.60. The third-order valence-corrected chi connectivity index (χ3v) is 2.48. The lowest BCUT2D eigenvalue weighted by Crippen LogP contribution is -2.62. The van der Waals surface area contributed by atoms with E-state index in [4.69, 9.17) is 4.99 Å². The highest BCUT2D eigenvalue weighted by atomic mass is 15.4. The van der Waals surface area contributed by atoms with Gasteiger partial charge in [0.15, 0.2) is 5.96 Å². The summed E-state index contributed by atoms with van der Waals surface area (Å²) in [4.78, 5) is 7.34. The van der Waals surface area contributed by atoms with Gasteiger partial charge in [0, 0.05) is 16.6 Å². The predicted molar refractivity (Wildman–Crippen MR) is 91.4 cm³/mol. The zero-order valence-corrected chi connectivity index (χ0v) is 15.9. The van der Waals surface area contributed by atoms with E-state index in [0.29, 0.717) is 0 Å². The van der Waals surface area contributed by atoms with Gasteiger partial charge in [-0.25, -0.2) is 4.99 Å². The first-order valence-electron chi connectivity index (χ1n) is 7.62. The molecule has 0 aromatic carbocycles. The van der Waals surface area contributed by atoms with Crippen molar-refractivity contribution in [1.29, 1.82) is 0 Å². The van der Waals surface area contributed by atoms with Crippen molar-refractivity contribution < 1.29 is 0 Å². The molecule has 0 atom stereocenters. The normalized spacial score (nSPS) is 15.3. The van der Waals surface area contributed by atoms with Crippen molar-refractivity contribution >= 4 is 5.96 Å². The first-order valence-corrected chi connectivity index (χ1v) is 7.62. The number of aliphatic imine (C=N–C) groups is 1. The van der Waals surface area contributed by atoms with E-state index < -0.39 is 0 Å². The van der Waals surface area contributed by atoms with E-state index in [1.165, 1.54) is 0 Å². The minimum Gasteiger partial charge on any atom is -0.352 e. The predicted octanol–water partition coefficient (Wildman–Crippen LogP) is 4.43. The fraction of sp³-hybridized carbons (Fsp3) is 0.941. The lowest BCUT2D eigenvalue weighted by atomic mass is 9.96. The molecular formula is C17H37N3. The Bertz CT molecular complexity index is 326. The Morgan fingerprint density at radius 3 is 1.25 bits per heavy atom. The summed E-state index contributed by atoms with van der Waals surface area (Å²) >= 11 is 0. The van der Waals surface area contributed by atoms with Crippen molar-refractivity contribution in [3.8, 4) is 0 Å². The summed E-state index contributed by atoms with van der Waals surface area (Å²) in [7, 11) is 0. The van der Waals surface area contributed by atoms with Crippen LogP contribution >= 0.6 is 0 Å². The van der Waals surface area contributed by atoms with Crippen LogP contribution in [0.25, 0.3) is 0 Å². The molecule has 0 aliphatic rings. The number of nitrogens with one attached hydrogen (secondary N) is 1. The molecule has 0 aliphatic heterocycles. The zero-order chi connectivity index (χ0) is 16.6. The van der Waals surface area contributed by atoms with Crippen LogP contribution in [0.4, 0.5) is 0 Å².